The van der Waals surface area contributed by atoms with Crippen molar-refractivity contribution in [2.45, 2.75) is 46.6 Å². The van der Waals surface area contributed by atoms with E-state index in [2.05, 4.69) is 61.1 Å². The van der Waals surface area contributed by atoms with Gasteiger partial charge in [-0.1, -0.05) is 45.0 Å². The third-order valence-corrected chi connectivity index (χ3v) is 5.93. The van der Waals surface area contributed by atoms with Gasteiger partial charge in [0.05, 0.1) is 11.3 Å². The Morgan fingerprint density at radius 2 is 1.61 bits per heavy atom. The maximum absolute atomic E-state index is 10.9. The second-order valence-electron chi connectivity index (χ2n) is 9.20. The Labute approximate surface area is 170 Å². The summed E-state index contributed by atoms with van der Waals surface area (Å²) in [6, 6.07) is 14.7. The van der Waals surface area contributed by atoms with Gasteiger partial charge < -0.3 is 5.11 Å². The molecule has 0 spiro atoms. The molecule has 0 radical (unpaired) electrons. The molecule has 4 heteroatoms. The lowest BCUT2D eigenvalue weighted by molar-refractivity contribution is 0.0793. The van der Waals surface area contributed by atoms with E-state index in [1.165, 1.54) is 4.88 Å². The van der Waals surface area contributed by atoms with Gasteiger partial charge in [0.1, 0.15) is 11.2 Å². The van der Waals surface area contributed by atoms with Crippen LogP contribution < -0.4 is 0 Å². The van der Waals surface area contributed by atoms with Gasteiger partial charge in [-0.3, -0.25) is 0 Å². The average Bonchev–Trinajstić information content (AvgIpc) is 3.00. The van der Waals surface area contributed by atoms with Gasteiger partial charge in [0.15, 0.2) is 0 Å². The molecule has 0 saturated heterocycles. The van der Waals surface area contributed by atoms with Crippen LogP contribution in [0.2, 0.25) is 0 Å². The van der Waals surface area contributed by atoms with E-state index in [4.69, 9.17) is 0 Å². The van der Waals surface area contributed by atoms with Crippen molar-refractivity contribution < 1.29 is 5.11 Å². The Balaban J connectivity index is 1.98. The lowest BCUT2D eigenvalue weighted by atomic mass is 9.88. The van der Waals surface area contributed by atoms with Crippen molar-refractivity contribution in [3.63, 3.8) is 0 Å². The lowest BCUT2D eigenvalue weighted by Crippen LogP contribution is -2.17. The van der Waals surface area contributed by atoms with E-state index in [0.29, 0.717) is 0 Å². The summed E-state index contributed by atoms with van der Waals surface area (Å²) in [5.41, 5.74) is 1.99. The highest BCUT2D eigenvalue weighted by Crippen LogP contribution is 2.39. The van der Waals surface area contributed by atoms with Gasteiger partial charge in [-0.15, -0.1) is 11.3 Å². The summed E-state index contributed by atoms with van der Waals surface area (Å²) < 4.78 is 0. The molecule has 4 aromatic rings. The van der Waals surface area contributed by atoms with Crippen molar-refractivity contribution >= 4 is 32.3 Å². The summed E-state index contributed by atoms with van der Waals surface area (Å²) in [5, 5.41) is 14.2. The monoisotopic (exact) mass is 390 g/mol. The molecular weight excluding hydrogens is 364 g/mol. The number of nitrogens with zero attached hydrogens (tertiary/aromatic N) is 2. The van der Waals surface area contributed by atoms with E-state index in [1.807, 2.05) is 26.0 Å². The molecule has 0 aliphatic rings. The van der Waals surface area contributed by atoms with Crippen LogP contribution in [0.4, 0.5) is 0 Å². The van der Waals surface area contributed by atoms with Gasteiger partial charge in [0, 0.05) is 15.8 Å². The van der Waals surface area contributed by atoms with E-state index in [0.717, 1.165) is 44.2 Å². The Morgan fingerprint density at radius 1 is 0.929 bits per heavy atom. The first kappa shape index (κ1) is 19.0. The normalized spacial score (nSPS) is 12.8. The number of thiophene rings is 1. The fraction of sp³-hybridized carbons (Fsp3) is 0.333. The zero-order valence-corrected chi connectivity index (χ0v) is 17.9. The third-order valence-electron chi connectivity index (χ3n) is 4.89. The van der Waals surface area contributed by atoms with Crippen LogP contribution in [0, 0.1) is 5.41 Å². The SMILES string of the molecule is CC(C)(C)Cc1cc2c(-c3cc4ccccc4cc3C(C)(C)O)ncnc2s1. The smallest absolute Gasteiger partial charge is 0.127 e. The van der Waals surface area contributed by atoms with Crippen LogP contribution in [0.1, 0.15) is 45.1 Å². The number of rotatable bonds is 3. The van der Waals surface area contributed by atoms with Crippen LogP contribution in [0.15, 0.2) is 48.8 Å². The summed E-state index contributed by atoms with van der Waals surface area (Å²) in [6.45, 7) is 10.4. The fourth-order valence-electron chi connectivity index (χ4n) is 3.67. The molecule has 28 heavy (non-hydrogen) atoms. The molecule has 2 aromatic heterocycles. The van der Waals surface area contributed by atoms with Gasteiger partial charge in [-0.2, -0.15) is 0 Å². The maximum Gasteiger partial charge on any atom is 0.127 e. The Hall–Kier alpha value is -2.30. The summed E-state index contributed by atoms with van der Waals surface area (Å²) in [4.78, 5) is 11.5. The quantitative estimate of drug-likeness (QED) is 0.445. The zero-order chi connectivity index (χ0) is 20.1. The minimum absolute atomic E-state index is 0.218. The zero-order valence-electron chi connectivity index (χ0n) is 17.1. The van der Waals surface area contributed by atoms with Crippen molar-refractivity contribution in [3.8, 4) is 11.3 Å². The van der Waals surface area contributed by atoms with E-state index >= 15 is 0 Å². The van der Waals surface area contributed by atoms with Gasteiger partial charge in [-0.05, 0) is 60.2 Å². The molecule has 0 amide bonds. The number of hydrogen-bond acceptors (Lipinski definition) is 4. The number of aliphatic hydroxyl groups is 1. The van der Waals surface area contributed by atoms with E-state index in [9.17, 15) is 5.11 Å². The van der Waals surface area contributed by atoms with Crippen molar-refractivity contribution in [2.75, 3.05) is 0 Å². The molecule has 3 nitrogen and oxygen atoms in total. The average molecular weight is 391 g/mol. The van der Waals surface area contributed by atoms with Crippen LogP contribution in [0.25, 0.3) is 32.2 Å². The number of aromatic nitrogens is 2. The van der Waals surface area contributed by atoms with E-state index < -0.39 is 5.60 Å². The molecule has 2 aromatic carbocycles. The highest BCUT2D eigenvalue weighted by molar-refractivity contribution is 7.18. The van der Waals surface area contributed by atoms with E-state index in [1.54, 1.807) is 17.7 Å². The maximum atomic E-state index is 10.9. The van der Waals surface area contributed by atoms with Crippen molar-refractivity contribution in [1.29, 1.82) is 0 Å². The van der Waals surface area contributed by atoms with Crippen molar-refractivity contribution in [2.24, 2.45) is 5.41 Å². The predicted octanol–water partition coefficient (Wildman–Crippen LogP) is 6.33. The van der Waals surface area contributed by atoms with Crippen molar-refractivity contribution in [3.05, 3.63) is 59.2 Å². The second kappa shape index (κ2) is 6.64. The Kier molecular flexibility index (Phi) is 4.52. The first-order valence-corrected chi connectivity index (χ1v) is 10.4. The minimum atomic E-state index is -0.971. The first-order chi connectivity index (χ1) is 13.1. The summed E-state index contributed by atoms with van der Waals surface area (Å²) >= 11 is 1.74. The first-order valence-electron chi connectivity index (χ1n) is 9.61. The number of hydrogen-bond donors (Lipinski definition) is 1. The van der Waals surface area contributed by atoms with Gasteiger partial charge >= 0.3 is 0 Å². The molecule has 0 unspecified atom stereocenters. The molecule has 0 saturated carbocycles. The number of fused-ring (bicyclic) bond motifs is 2. The Morgan fingerprint density at radius 3 is 2.25 bits per heavy atom. The van der Waals surface area contributed by atoms with Crippen LogP contribution in [0.5, 0.6) is 0 Å². The standard InChI is InChI=1S/C24H26N2OS/c1-23(2,3)13-17-12-19-21(25-14-26-22(19)28-17)18-10-15-8-6-7-9-16(15)11-20(18)24(4,5)27/h6-12,14,27H,13H2,1-5H3. The summed E-state index contributed by atoms with van der Waals surface area (Å²) in [5.74, 6) is 0. The highest BCUT2D eigenvalue weighted by Gasteiger charge is 2.24. The molecule has 0 bridgehead atoms. The topological polar surface area (TPSA) is 46.0 Å². The van der Waals surface area contributed by atoms with Crippen LogP contribution >= 0.6 is 11.3 Å². The number of benzene rings is 2. The molecule has 0 atom stereocenters. The van der Waals surface area contributed by atoms with Crippen LogP contribution in [-0.4, -0.2) is 15.1 Å². The van der Waals surface area contributed by atoms with Crippen molar-refractivity contribution in [1.82, 2.24) is 9.97 Å². The molecule has 1 N–H and O–H groups in total. The Bertz CT molecular complexity index is 1160. The van der Waals surface area contributed by atoms with Gasteiger partial charge in [0.2, 0.25) is 0 Å². The summed E-state index contributed by atoms with van der Waals surface area (Å²) in [6.07, 6.45) is 2.64. The molecule has 144 valence electrons. The molecule has 0 aliphatic heterocycles. The lowest BCUT2D eigenvalue weighted by Gasteiger charge is -2.22. The van der Waals surface area contributed by atoms with Gasteiger partial charge in [0.25, 0.3) is 0 Å². The largest absolute Gasteiger partial charge is 0.386 e. The highest BCUT2D eigenvalue weighted by atomic mass is 32.1. The van der Waals surface area contributed by atoms with Crippen LogP contribution in [-0.2, 0) is 12.0 Å². The summed E-state index contributed by atoms with van der Waals surface area (Å²) in [7, 11) is 0. The molecule has 0 fully saturated rings. The molecule has 4 rings (SSSR count). The third kappa shape index (κ3) is 3.67. The van der Waals surface area contributed by atoms with Gasteiger partial charge in [-0.25, -0.2) is 9.97 Å². The molecule has 2 heterocycles. The predicted molar refractivity (Wildman–Crippen MR) is 119 cm³/mol. The molecule has 0 aliphatic carbocycles. The second-order valence-corrected chi connectivity index (χ2v) is 10.3. The minimum Gasteiger partial charge on any atom is -0.386 e. The van der Waals surface area contributed by atoms with Crippen LogP contribution in [0.3, 0.4) is 0 Å². The van der Waals surface area contributed by atoms with E-state index in [-0.39, 0.29) is 5.41 Å². The fourth-order valence-corrected chi connectivity index (χ4v) is 4.97. The molecular formula is C24H26N2OS.